The maximum Gasteiger partial charge on any atom is 0.279 e. The Morgan fingerprint density at radius 1 is 0.938 bits per heavy atom. The van der Waals surface area contributed by atoms with Crippen LogP contribution in [0.4, 0.5) is 5.69 Å². The number of rotatable bonds is 6. The van der Waals surface area contributed by atoms with Crippen molar-refractivity contribution < 1.29 is 16.8 Å². The summed E-state index contributed by atoms with van der Waals surface area (Å²) in [6, 6.07) is 21.4. The summed E-state index contributed by atoms with van der Waals surface area (Å²) in [5, 5.41) is 4.91. The number of sulfonamides is 2. The topological polar surface area (TPSA) is 95.9 Å². The number of benzene rings is 3. The van der Waals surface area contributed by atoms with Crippen molar-refractivity contribution in [2.75, 3.05) is 11.0 Å². The van der Waals surface area contributed by atoms with Crippen molar-refractivity contribution in [3.63, 3.8) is 0 Å². The van der Waals surface area contributed by atoms with E-state index in [9.17, 15) is 16.8 Å². The Bertz CT molecular complexity index is 1370. The molecule has 0 saturated carbocycles. The van der Waals surface area contributed by atoms with E-state index in [1.54, 1.807) is 24.3 Å². The Labute approximate surface area is 192 Å². The molecule has 0 bridgehead atoms. The largest absolute Gasteiger partial charge is 0.284 e. The fourth-order valence-electron chi connectivity index (χ4n) is 3.50. The smallest absolute Gasteiger partial charge is 0.279 e. The molecule has 1 aliphatic heterocycles. The molecule has 32 heavy (non-hydrogen) atoms. The fraction of sp³-hybridized carbons (Fsp3) is 0.136. The maximum atomic E-state index is 13.4. The van der Waals surface area contributed by atoms with Crippen LogP contribution in [-0.4, -0.2) is 33.2 Å². The highest BCUT2D eigenvalue weighted by atomic mass is 35.5. The Kier molecular flexibility index (Phi) is 5.98. The molecule has 0 spiro atoms. The lowest BCUT2D eigenvalue weighted by atomic mass is 9.99. The van der Waals surface area contributed by atoms with E-state index in [-0.39, 0.29) is 4.90 Å². The van der Waals surface area contributed by atoms with Crippen LogP contribution >= 0.6 is 11.6 Å². The average molecular weight is 490 g/mol. The Hall–Kier alpha value is -2.88. The summed E-state index contributed by atoms with van der Waals surface area (Å²) in [6.07, 6.45) is 1.40. The molecule has 0 amide bonds. The second kappa shape index (κ2) is 8.57. The minimum Gasteiger partial charge on any atom is -0.284 e. The quantitative estimate of drug-likeness (QED) is 0.559. The third-order valence-corrected chi connectivity index (χ3v) is 7.47. The molecular formula is C22H20ClN3O4S2. The van der Waals surface area contributed by atoms with E-state index < -0.39 is 26.1 Å². The third kappa shape index (κ3) is 4.79. The van der Waals surface area contributed by atoms with Crippen molar-refractivity contribution in [1.29, 1.82) is 0 Å². The van der Waals surface area contributed by atoms with Gasteiger partial charge in [-0.05, 0) is 47.5 Å². The summed E-state index contributed by atoms with van der Waals surface area (Å²) in [5.41, 5.74) is 2.35. The number of hydrazone groups is 1. The monoisotopic (exact) mass is 489 g/mol. The van der Waals surface area contributed by atoms with E-state index in [2.05, 4.69) is 9.82 Å². The summed E-state index contributed by atoms with van der Waals surface area (Å²) < 4.78 is 53.6. The molecule has 1 aliphatic rings. The molecule has 3 aromatic carbocycles. The minimum atomic E-state index is -3.96. The second-order valence-electron chi connectivity index (χ2n) is 7.36. The van der Waals surface area contributed by atoms with Crippen LogP contribution in [-0.2, 0) is 20.0 Å². The van der Waals surface area contributed by atoms with E-state index in [1.165, 1.54) is 24.3 Å². The molecule has 3 aromatic rings. The van der Waals surface area contributed by atoms with Gasteiger partial charge in [0.1, 0.15) is 0 Å². The third-order valence-electron chi connectivity index (χ3n) is 4.91. The standard InChI is InChI=1S/C22H20ClN3O4S2/c1-31(27,28)25-19-9-5-8-17(14-19)21-15-22(16-6-3-2-4-7-16)26(24-21)32(29,30)20-12-10-18(23)11-13-20/h2-14,22,25H,15H2,1H3/t22-/m1/s1. The highest BCUT2D eigenvalue weighted by Crippen LogP contribution is 2.37. The van der Waals surface area contributed by atoms with Crippen LogP contribution in [0.2, 0.25) is 5.02 Å². The van der Waals surface area contributed by atoms with Gasteiger partial charge >= 0.3 is 0 Å². The van der Waals surface area contributed by atoms with Crippen molar-refractivity contribution in [2.24, 2.45) is 5.10 Å². The molecule has 0 radical (unpaired) electrons. The summed E-state index contributed by atoms with van der Waals surface area (Å²) >= 11 is 5.93. The Balaban J connectivity index is 1.77. The van der Waals surface area contributed by atoms with Gasteiger partial charge in [-0.15, -0.1) is 0 Å². The number of hydrogen-bond donors (Lipinski definition) is 1. The first-order valence-electron chi connectivity index (χ1n) is 9.64. The highest BCUT2D eigenvalue weighted by Gasteiger charge is 2.37. The molecule has 4 rings (SSSR count). The van der Waals surface area contributed by atoms with Gasteiger partial charge in [0.05, 0.1) is 22.9 Å². The first-order valence-corrected chi connectivity index (χ1v) is 13.3. The van der Waals surface area contributed by atoms with E-state index in [4.69, 9.17) is 11.6 Å². The molecule has 7 nitrogen and oxygen atoms in total. The first kappa shape index (κ1) is 22.3. The van der Waals surface area contributed by atoms with Gasteiger partial charge in [0.2, 0.25) is 10.0 Å². The zero-order chi connectivity index (χ0) is 22.9. The predicted octanol–water partition coefficient (Wildman–Crippen LogP) is 4.25. The molecule has 166 valence electrons. The lowest BCUT2D eigenvalue weighted by molar-refractivity contribution is 0.371. The lowest BCUT2D eigenvalue weighted by Crippen LogP contribution is -2.27. The molecule has 0 aromatic heterocycles. The van der Waals surface area contributed by atoms with Crippen LogP contribution in [0.3, 0.4) is 0 Å². The van der Waals surface area contributed by atoms with Gasteiger partial charge in [-0.2, -0.15) is 17.9 Å². The summed E-state index contributed by atoms with van der Waals surface area (Å²) in [4.78, 5) is 0.0836. The second-order valence-corrected chi connectivity index (χ2v) is 11.3. The van der Waals surface area contributed by atoms with Crippen molar-refractivity contribution in [2.45, 2.75) is 17.4 Å². The van der Waals surface area contributed by atoms with Crippen LogP contribution in [0.25, 0.3) is 0 Å². The van der Waals surface area contributed by atoms with Crippen molar-refractivity contribution in [3.05, 3.63) is 95.0 Å². The lowest BCUT2D eigenvalue weighted by Gasteiger charge is -2.23. The molecule has 0 aliphatic carbocycles. The van der Waals surface area contributed by atoms with Crippen LogP contribution < -0.4 is 4.72 Å². The Morgan fingerprint density at radius 2 is 1.62 bits per heavy atom. The van der Waals surface area contributed by atoms with Gasteiger partial charge in [-0.1, -0.05) is 54.1 Å². The van der Waals surface area contributed by atoms with Gasteiger partial charge in [-0.25, -0.2) is 8.42 Å². The number of hydrogen-bond acceptors (Lipinski definition) is 5. The van der Waals surface area contributed by atoms with Gasteiger partial charge in [-0.3, -0.25) is 4.72 Å². The van der Waals surface area contributed by atoms with Crippen LogP contribution in [0.1, 0.15) is 23.6 Å². The van der Waals surface area contributed by atoms with Crippen molar-refractivity contribution >= 4 is 43.0 Å². The molecule has 1 atom stereocenters. The van der Waals surface area contributed by atoms with Gasteiger partial charge in [0, 0.05) is 17.1 Å². The SMILES string of the molecule is CS(=O)(=O)Nc1cccc(C2=NN(S(=O)(=O)c3ccc(Cl)cc3)[C@@H](c3ccccc3)C2)c1. The van der Waals surface area contributed by atoms with E-state index in [1.807, 2.05) is 30.3 Å². The summed E-state index contributed by atoms with van der Waals surface area (Å²) in [7, 11) is -7.41. The Morgan fingerprint density at radius 3 is 2.28 bits per heavy atom. The van der Waals surface area contributed by atoms with Crippen LogP contribution in [0.5, 0.6) is 0 Å². The first-order chi connectivity index (χ1) is 15.1. The number of anilines is 1. The van der Waals surface area contributed by atoms with Gasteiger partial charge in [0.15, 0.2) is 0 Å². The molecular weight excluding hydrogens is 470 g/mol. The van der Waals surface area contributed by atoms with Crippen LogP contribution in [0.15, 0.2) is 88.9 Å². The average Bonchev–Trinajstić information content (AvgIpc) is 3.20. The number of halogens is 1. The van der Waals surface area contributed by atoms with Crippen molar-refractivity contribution in [3.8, 4) is 0 Å². The maximum absolute atomic E-state index is 13.4. The fourth-order valence-corrected chi connectivity index (χ4v) is 5.61. The zero-order valence-corrected chi connectivity index (χ0v) is 19.4. The van der Waals surface area contributed by atoms with Crippen LogP contribution in [0, 0.1) is 0 Å². The number of nitrogens with zero attached hydrogens (tertiary/aromatic N) is 2. The minimum absolute atomic E-state index is 0.0836. The van der Waals surface area contributed by atoms with E-state index in [0.717, 1.165) is 16.2 Å². The number of nitrogens with one attached hydrogen (secondary N) is 1. The molecule has 1 heterocycles. The highest BCUT2D eigenvalue weighted by molar-refractivity contribution is 7.92. The normalized spacial score (nSPS) is 16.6. The molecule has 10 heteroatoms. The summed E-state index contributed by atoms with van der Waals surface area (Å²) in [6.45, 7) is 0. The summed E-state index contributed by atoms with van der Waals surface area (Å²) in [5.74, 6) is 0. The van der Waals surface area contributed by atoms with E-state index >= 15 is 0 Å². The molecule has 1 N–H and O–H groups in total. The molecule has 0 unspecified atom stereocenters. The zero-order valence-electron chi connectivity index (χ0n) is 17.0. The molecule has 0 fully saturated rings. The van der Waals surface area contributed by atoms with Crippen molar-refractivity contribution in [1.82, 2.24) is 4.41 Å². The predicted molar refractivity (Wildman–Crippen MR) is 126 cm³/mol. The van der Waals surface area contributed by atoms with E-state index in [0.29, 0.717) is 28.4 Å². The van der Waals surface area contributed by atoms with Gasteiger partial charge in [0.25, 0.3) is 10.0 Å². The molecule has 0 saturated heterocycles. The van der Waals surface area contributed by atoms with Gasteiger partial charge < -0.3 is 0 Å².